The highest BCUT2D eigenvalue weighted by atomic mass is 35.5. The molecule has 1 aromatic carbocycles. The fourth-order valence-electron chi connectivity index (χ4n) is 2.09. The molecule has 18 heavy (non-hydrogen) atoms. The van der Waals surface area contributed by atoms with E-state index in [-0.39, 0.29) is 6.54 Å². The monoisotopic (exact) mass is 284 g/mol. The summed E-state index contributed by atoms with van der Waals surface area (Å²) in [5, 5.41) is 9.84. The molecule has 0 atom stereocenters. The van der Waals surface area contributed by atoms with Crippen molar-refractivity contribution in [1.29, 1.82) is 0 Å². The number of aliphatic carboxylic acids is 1. The number of fused-ring (bicyclic) bond motifs is 1. The minimum absolute atomic E-state index is 0.0969. The van der Waals surface area contributed by atoms with Gasteiger partial charge >= 0.3 is 5.97 Å². The summed E-state index contributed by atoms with van der Waals surface area (Å²) in [7, 11) is 0. The number of aromatic nitrogens is 2. The van der Waals surface area contributed by atoms with Gasteiger partial charge in [-0.2, -0.15) is 0 Å². The van der Waals surface area contributed by atoms with Crippen LogP contribution in [0.4, 0.5) is 0 Å². The lowest BCUT2D eigenvalue weighted by Gasteiger charge is -2.05. The smallest absolute Gasteiger partial charge is 0.323 e. The normalized spacial score (nSPS) is 15.2. The minimum Gasteiger partial charge on any atom is -0.480 e. The van der Waals surface area contributed by atoms with Gasteiger partial charge in [-0.25, -0.2) is 4.98 Å². The third kappa shape index (κ3) is 1.95. The van der Waals surface area contributed by atoms with E-state index >= 15 is 0 Å². The molecule has 1 fully saturated rings. The van der Waals surface area contributed by atoms with Crippen molar-refractivity contribution in [3.63, 3.8) is 0 Å². The van der Waals surface area contributed by atoms with Gasteiger partial charge in [-0.15, -0.1) is 0 Å². The van der Waals surface area contributed by atoms with Gasteiger partial charge in [0.2, 0.25) is 0 Å². The number of hydrogen-bond donors (Lipinski definition) is 1. The van der Waals surface area contributed by atoms with Crippen molar-refractivity contribution in [3.8, 4) is 0 Å². The van der Waals surface area contributed by atoms with E-state index in [1.165, 1.54) is 0 Å². The molecule has 94 valence electrons. The number of carboxylic acid groups (broad SMARTS) is 1. The lowest BCUT2D eigenvalue weighted by Crippen LogP contribution is -2.11. The quantitative estimate of drug-likeness (QED) is 0.941. The minimum atomic E-state index is -0.887. The molecule has 0 unspecified atom stereocenters. The van der Waals surface area contributed by atoms with E-state index in [1.807, 2.05) is 0 Å². The van der Waals surface area contributed by atoms with Crippen molar-refractivity contribution in [1.82, 2.24) is 9.55 Å². The van der Waals surface area contributed by atoms with E-state index in [0.29, 0.717) is 21.5 Å². The summed E-state index contributed by atoms with van der Waals surface area (Å²) in [6.45, 7) is -0.0969. The average Bonchev–Trinajstić information content (AvgIpc) is 3.07. The van der Waals surface area contributed by atoms with Crippen LogP contribution in [0.25, 0.3) is 11.0 Å². The standard InChI is InChI=1S/C12H10Cl2N2O2/c13-7-3-9-10(4-8(7)14)16(5-11(17)18)12(15-9)6-1-2-6/h3-4,6H,1-2,5H2,(H,17,18). The third-order valence-electron chi connectivity index (χ3n) is 3.06. The second-order valence-electron chi connectivity index (χ2n) is 4.48. The number of carbonyl (C=O) groups is 1. The molecule has 0 saturated heterocycles. The van der Waals surface area contributed by atoms with Crippen LogP contribution in [0.15, 0.2) is 12.1 Å². The Morgan fingerprint density at radius 2 is 2.06 bits per heavy atom. The molecule has 1 saturated carbocycles. The number of halogens is 2. The zero-order valence-corrected chi connectivity index (χ0v) is 10.9. The van der Waals surface area contributed by atoms with Crippen LogP contribution in [-0.2, 0) is 11.3 Å². The Bertz CT molecular complexity index is 647. The molecule has 0 amide bonds. The van der Waals surface area contributed by atoms with Crippen LogP contribution in [0, 0.1) is 0 Å². The van der Waals surface area contributed by atoms with E-state index in [9.17, 15) is 4.79 Å². The van der Waals surface area contributed by atoms with E-state index in [0.717, 1.165) is 24.2 Å². The molecule has 3 rings (SSSR count). The summed E-state index contributed by atoms with van der Waals surface area (Å²) in [6, 6.07) is 3.37. The maximum Gasteiger partial charge on any atom is 0.323 e. The number of hydrogen-bond acceptors (Lipinski definition) is 2. The molecule has 6 heteroatoms. The lowest BCUT2D eigenvalue weighted by atomic mass is 10.3. The fourth-order valence-corrected chi connectivity index (χ4v) is 2.41. The Morgan fingerprint density at radius 3 is 2.67 bits per heavy atom. The number of imidazole rings is 1. The Morgan fingerprint density at radius 1 is 1.39 bits per heavy atom. The highest BCUT2D eigenvalue weighted by Crippen LogP contribution is 2.41. The van der Waals surface area contributed by atoms with Crippen molar-refractivity contribution >= 4 is 40.2 Å². The van der Waals surface area contributed by atoms with Crippen LogP contribution >= 0.6 is 23.2 Å². The second kappa shape index (κ2) is 4.14. The van der Waals surface area contributed by atoms with Crippen LogP contribution in [0.3, 0.4) is 0 Å². The molecule has 2 aromatic rings. The van der Waals surface area contributed by atoms with Gasteiger partial charge in [0.05, 0.1) is 21.1 Å². The molecule has 1 aliphatic carbocycles. The summed E-state index contributed by atoms with van der Waals surface area (Å²) in [6.07, 6.45) is 2.12. The van der Waals surface area contributed by atoms with Crippen molar-refractivity contribution in [2.45, 2.75) is 25.3 Å². The van der Waals surface area contributed by atoms with E-state index < -0.39 is 5.97 Å². The highest BCUT2D eigenvalue weighted by Gasteiger charge is 2.30. The maximum absolute atomic E-state index is 10.9. The van der Waals surface area contributed by atoms with Crippen molar-refractivity contribution < 1.29 is 9.90 Å². The third-order valence-corrected chi connectivity index (χ3v) is 3.78. The maximum atomic E-state index is 10.9. The Balaban J connectivity index is 2.23. The number of rotatable bonds is 3. The van der Waals surface area contributed by atoms with Gasteiger partial charge in [-0.05, 0) is 25.0 Å². The largest absolute Gasteiger partial charge is 0.480 e. The number of carboxylic acids is 1. The predicted molar refractivity (Wildman–Crippen MR) is 69.4 cm³/mol. The SMILES string of the molecule is O=C(O)Cn1c(C2CC2)nc2cc(Cl)c(Cl)cc21. The molecule has 1 heterocycles. The predicted octanol–water partition coefficient (Wildman–Crippen LogP) is 3.31. The van der Waals surface area contributed by atoms with Crippen LogP contribution in [-0.4, -0.2) is 20.6 Å². The van der Waals surface area contributed by atoms with Gasteiger partial charge in [-0.3, -0.25) is 4.79 Å². The Labute approximate surface area is 113 Å². The van der Waals surface area contributed by atoms with Crippen LogP contribution < -0.4 is 0 Å². The zero-order valence-electron chi connectivity index (χ0n) is 9.36. The first-order valence-corrected chi connectivity index (χ1v) is 6.39. The van der Waals surface area contributed by atoms with E-state index in [2.05, 4.69) is 4.98 Å². The molecule has 4 nitrogen and oxygen atoms in total. The summed E-state index contributed by atoms with van der Waals surface area (Å²) in [5.41, 5.74) is 1.43. The molecule has 1 aliphatic rings. The van der Waals surface area contributed by atoms with Crippen LogP contribution in [0.5, 0.6) is 0 Å². The first-order chi connectivity index (χ1) is 8.56. The van der Waals surface area contributed by atoms with Crippen molar-refractivity contribution in [2.24, 2.45) is 0 Å². The van der Waals surface area contributed by atoms with E-state index in [4.69, 9.17) is 28.3 Å². The lowest BCUT2D eigenvalue weighted by molar-refractivity contribution is -0.137. The molecule has 0 radical (unpaired) electrons. The molecule has 1 aromatic heterocycles. The number of benzene rings is 1. The molecular formula is C12H10Cl2N2O2. The molecular weight excluding hydrogens is 275 g/mol. The van der Waals surface area contributed by atoms with Crippen molar-refractivity contribution in [2.75, 3.05) is 0 Å². The Hall–Kier alpha value is -1.26. The molecule has 0 aliphatic heterocycles. The van der Waals surface area contributed by atoms with Crippen molar-refractivity contribution in [3.05, 3.63) is 28.0 Å². The summed E-state index contributed by atoms with van der Waals surface area (Å²) >= 11 is 11.9. The molecule has 1 N–H and O–H groups in total. The first-order valence-electron chi connectivity index (χ1n) is 5.63. The van der Waals surface area contributed by atoms with E-state index in [1.54, 1.807) is 16.7 Å². The topological polar surface area (TPSA) is 55.1 Å². The highest BCUT2D eigenvalue weighted by molar-refractivity contribution is 6.42. The first kappa shape index (κ1) is 11.8. The summed E-state index contributed by atoms with van der Waals surface area (Å²) in [4.78, 5) is 15.4. The van der Waals surface area contributed by atoms with Gasteiger partial charge < -0.3 is 9.67 Å². The van der Waals surface area contributed by atoms with Gasteiger partial charge in [0.1, 0.15) is 12.4 Å². The zero-order chi connectivity index (χ0) is 12.9. The van der Waals surface area contributed by atoms with Crippen LogP contribution in [0.2, 0.25) is 10.0 Å². The second-order valence-corrected chi connectivity index (χ2v) is 5.29. The fraction of sp³-hybridized carbons (Fsp3) is 0.333. The molecule has 0 bridgehead atoms. The van der Waals surface area contributed by atoms with Gasteiger partial charge in [0, 0.05) is 5.92 Å². The Kier molecular flexibility index (Phi) is 2.72. The van der Waals surface area contributed by atoms with Crippen LogP contribution in [0.1, 0.15) is 24.6 Å². The number of nitrogens with zero attached hydrogens (tertiary/aromatic N) is 2. The van der Waals surface area contributed by atoms with Gasteiger partial charge in [0.15, 0.2) is 0 Å². The summed E-state index contributed by atoms with van der Waals surface area (Å²) in [5.74, 6) is 0.308. The summed E-state index contributed by atoms with van der Waals surface area (Å²) < 4.78 is 1.72. The van der Waals surface area contributed by atoms with Gasteiger partial charge in [-0.1, -0.05) is 23.2 Å². The van der Waals surface area contributed by atoms with Gasteiger partial charge in [0.25, 0.3) is 0 Å². The molecule has 0 spiro atoms. The average molecular weight is 285 g/mol.